The third kappa shape index (κ3) is 1.97. The average Bonchev–Trinajstić information content (AvgIpc) is 2.65. The van der Waals surface area contributed by atoms with E-state index in [1.54, 1.807) is 11.3 Å². The first kappa shape index (κ1) is 11.6. The van der Waals surface area contributed by atoms with Gasteiger partial charge in [-0.3, -0.25) is 4.98 Å². The molecule has 0 aliphatic heterocycles. The Hall–Kier alpha value is -0.930. The molecule has 0 radical (unpaired) electrons. The maximum absolute atomic E-state index is 9.90. The van der Waals surface area contributed by atoms with Gasteiger partial charge >= 0.3 is 0 Å². The highest BCUT2D eigenvalue weighted by molar-refractivity contribution is 7.17. The average molecular weight is 235 g/mol. The third-order valence-electron chi connectivity index (χ3n) is 2.96. The molecule has 2 heterocycles. The van der Waals surface area contributed by atoms with Gasteiger partial charge in [-0.25, -0.2) is 0 Å². The summed E-state index contributed by atoms with van der Waals surface area (Å²) in [4.78, 5) is 4.47. The van der Waals surface area contributed by atoms with Crippen molar-refractivity contribution in [2.75, 3.05) is 0 Å². The Morgan fingerprint density at radius 3 is 2.62 bits per heavy atom. The quantitative estimate of drug-likeness (QED) is 0.884. The van der Waals surface area contributed by atoms with Crippen LogP contribution in [0.25, 0.3) is 10.1 Å². The van der Waals surface area contributed by atoms with E-state index in [0.29, 0.717) is 5.92 Å². The molecule has 2 aromatic rings. The Morgan fingerprint density at radius 1 is 1.25 bits per heavy atom. The number of aromatic nitrogens is 1. The monoisotopic (exact) mass is 235 g/mol. The van der Waals surface area contributed by atoms with Gasteiger partial charge in [0.25, 0.3) is 0 Å². The van der Waals surface area contributed by atoms with E-state index in [9.17, 15) is 5.11 Å². The summed E-state index contributed by atoms with van der Waals surface area (Å²) < 4.78 is 1.25. The lowest BCUT2D eigenvalue weighted by Gasteiger charge is -2.23. The van der Waals surface area contributed by atoms with Crippen molar-refractivity contribution < 1.29 is 5.11 Å². The van der Waals surface area contributed by atoms with E-state index in [1.807, 2.05) is 19.2 Å². The zero-order valence-electron chi connectivity index (χ0n) is 9.84. The number of nitrogens with zero attached hydrogens (tertiary/aromatic N) is 1. The second kappa shape index (κ2) is 4.52. The summed E-state index contributed by atoms with van der Waals surface area (Å²) in [6.45, 7) is 6.10. The number of rotatable bonds is 3. The second-order valence-corrected chi connectivity index (χ2v) is 5.49. The minimum atomic E-state index is -0.363. The van der Waals surface area contributed by atoms with Crippen molar-refractivity contribution in [2.45, 2.75) is 32.8 Å². The molecule has 1 N–H and O–H groups in total. The highest BCUT2D eigenvalue weighted by Gasteiger charge is 2.24. The van der Waals surface area contributed by atoms with Crippen molar-refractivity contribution in [1.29, 1.82) is 0 Å². The maximum Gasteiger partial charge on any atom is 0.0598 e. The van der Waals surface area contributed by atoms with Crippen LogP contribution < -0.4 is 0 Å². The van der Waals surface area contributed by atoms with Crippen molar-refractivity contribution in [3.8, 4) is 0 Å². The molecule has 0 spiro atoms. The van der Waals surface area contributed by atoms with Crippen LogP contribution >= 0.6 is 11.3 Å². The van der Waals surface area contributed by atoms with Gasteiger partial charge in [-0.1, -0.05) is 13.8 Å². The molecule has 2 rings (SSSR count). The molecule has 2 unspecified atom stereocenters. The largest absolute Gasteiger partial charge is 0.393 e. The summed E-state index contributed by atoms with van der Waals surface area (Å²) in [5.41, 5.74) is 1.03. The van der Waals surface area contributed by atoms with Gasteiger partial charge in [0.1, 0.15) is 0 Å². The molecule has 0 saturated carbocycles. The van der Waals surface area contributed by atoms with E-state index >= 15 is 0 Å². The van der Waals surface area contributed by atoms with Crippen molar-refractivity contribution >= 4 is 21.4 Å². The SMILES string of the molecule is CC(C)C(c1nccc2sccc12)C(C)O. The zero-order chi connectivity index (χ0) is 11.7. The summed E-state index contributed by atoms with van der Waals surface area (Å²) in [5.74, 6) is 0.497. The van der Waals surface area contributed by atoms with Crippen LogP contribution in [0.15, 0.2) is 23.7 Å². The Morgan fingerprint density at radius 2 is 2.00 bits per heavy atom. The number of hydrogen-bond donors (Lipinski definition) is 1. The number of hydrogen-bond acceptors (Lipinski definition) is 3. The third-order valence-corrected chi connectivity index (χ3v) is 3.85. The summed E-state index contributed by atoms with van der Waals surface area (Å²) in [6, 6.07) is 4.13. The molecule has 2 nitrogen and oxygen atoms in total. The standard InChI is InChI=1S/C13H17NOS/c1-8(2)12(9(3)15)13-10-5-7-16-11(10)4-6-14-13/h4-9,12,15H,1-3H3. The van der Waals surface area contributed by atoms with Gasteiger partial charge in [0, 0.05) is 22.2 Å². The van der Waals surface area contributed by atoms with Crippen LogP contribution in [0.3, 0.4) is 0 Å². The lowest BCUT2D eigenvalue weighted by Crippen LogP contribution is -2.21. The number of pyridine rings is 1. The van der Waals surface area contributed by atoms with E-state index in [-0.39, 0.29) is 12.0 Å². The number of aliphatic hydroxyl groups excluding tert-OH is 1. The molecular formula is C13H17NOS. The number of fused-ring (bicyclic) bond motifs is 1. The summed E-state index contributed by atoms with van der Waals surface area (Å²) >= 11 is 1.72. The van der Waals surface area contributed by atoms with Gasteiger partial charge in [-0.15, -0.1) is 11.3 Å². The fraction of sp³-hybridized carbons (Fsp3) is 0.462. The molecule has 0 aliphatic rings. The minimum absolute atomic E-state index is 0.110. The first-order chi connectivity index (χ1) is 7.61. The minimum Gasteiger partial charge on any atom is -0.393 e. The number of aliphatic hydroxyl groups is 1. The molecular weight excluding hydrogens is 218 g/mol. The van der Waals surface area contributed by atoms with Gasteiger partial charge in [-0.05, 0) is 30.4 Å². The van der Waals surface area contributed by atoms with Crippen molar-refractivity contribution in [3.63, 3.8) is 0 Å². The molecule has 0 saturated heterocycles. The predicted octanol–water partition coefficient (Wildman–Crippen LogP) is 3.42. The molecule has 16 heavy (non-hydrogen) atoms. The van der Waals surface area contributed by atoms with E-state index in [4.69, 9.17) is 0 Å². The van der Waals surface area contributed by atoms with Gasteiger partial charge in [0.05, 0.1) is 11.8 Å². The summed E-state index contributed by atoms with van der Waals surface area (Å²) in [6.07, 6.45) is 1.48. The van der Waals surface area contributed by atoms with Crippen LogP contribution in [-0.4, -0.2) is 16.2 Å². The highest BCUT2D eigenvalue weighted by atomic mass is 32.1. The lowest BCUT2D eigenvalue weighted by molar-refractivity contribution is 0.139. The first-order valence-corrected chi connectivity index (χ1v) is 6.49. The van der Waals surface area contributed by atoms with Gasteiger partial charge < -0.3 is 5.11 Å². The van der Waals surface area contributed by atoms with E-state index in [0.717, 1.165) is 5.69 Å². The van der Waals surface area contributed by atoms with Crippen molar-refractivity contribution in [2.24, 2.45) is 5.92 Å². The molecule has 0 amide bonds. The first-order valence-electron chi connectivity index (χ1n) is 5.61. The smallest absolute Gasteiger partial charge is 0.0598 e. The van der Waals surface area contributed by atoms with E-state index in [1.165, 1.54) is 10.1 Å². The van der Waals surface area contributed by atoms with Crippen LogP contribution in [0.5, 0.6) is 0 Å². The molecule has 0 fully saturated rings. The van der Waals surface area contributed by atoms with Gasteiger partial charge in [0.15, 0.2) is 0 Å². The molecule has 2 atom stereocenters. The molecule has 0 aliphatic carbocycles. The zero-order valence-corrected chi connectivity index (χ0v) is 10.7. The molecule has 0 bridgehead atoms. The Bertz CT molecular complexity index is 467. The molecule has 3 heteroatoms. The van der Waals surface area contributed by atoms with Crippen LogP contribution in [0.1, 0.15) is 32.4 Å². The number of thiophene rings is 1. The maximum atomic E-state index is 9.90. The second-order valence-electron chi connectivity index (χ2n) is 4.54. The molecule has 86 valence electrons. The summed E-state index contributed by atoms with van der Waals surface area (Å²) in [7, 11) is 0. The predicted molar refractivity (Wildman–Crippen MR) is 68.9 cm³/mol. The van der Waals surface area contributed by atoms with E-state index < -0.39 is 0 Å². The Kier molecular flexibility index (Phi) is 3.26. The fourth-order valence-corrected chi connectivity index (χ4v) is 3.07. The normalized spacial score (nSPS) is 15.6. The lowest BCUT2D eigenvalue weighted by atomic mass is 9.86. The highest BCUT2D eigenvalue weighted by Crippen LogP contribution is 2.33. The Balaban J connectivity index is 2.56. The van der Waals surface area contributed by atoms with E-state index in [2.05, 4.69) is 30.3 Å². The van der Waals surface area contributed by atoms with Crippen LogP contribution in [0.2, 0.25) is 0 Å². The van der Waals surface area contributed by atoms with Gasteiger partial charge in [0.2, 0.25) is 0 Å². The van der Waals surface area contributed by atoms with Gasteiger partial charge in [-0.2, -0.15) is 0 Å². The van der Waals surface area contributed by atoms with Crippen LogP contribution in [0, 0.1) is 5.92 Å². The topological polar surface area (TPSA) is 33.1 Å². The molecule has 2 aromatic heterocycles. The van der Waals surface area contributed by atoms with Crippen molar-refractivity contribution in [1.82, 2.24) is 4.98 Å². The van der Waals surface area contributed by atoms with Crippen LogP contribution in [0.4, 0.5) is 0 Å². The molecule has 0 aromatic carbocycles. The summed E-state index contributed by atoms with van der Waals surface area (Å²) in [5, 5.41) is 13.2. The van der Waals surface area contributed by atoms with Crippen LogP contribution in [-0.2, 0) is 0 Å². The van der Waals surface area contributed by atoms with Crippen molar-refractivity contribution in [3.05, 3.63) is 29.4 Å². The Labute approximate surface area is 100.0 Å². The fourth-order valence-electron chi connectivity index (χ4n) is 2.28.